The van der Waals surface area contributed by atoms with Gasteiger partial charge in [0.05, 0.1) is 45.3 Å². The van der Waals surface area contributed by atoms with Gasteiger partial charge < -0.3 is 13.6 Å². The highest BCUT2D eigenvalue weighted by Gasteiger charge is 2.18. The number of para-hydroxylation sites is 2. The van der Waals surface area contributed by atoms with Crippen LogP contribution in [0.5, 0.6) is 0 Å². The first-order valence-corrected chi connectivity index (χ1v) is 14.1. The summed E-state index contributed by atoms with van der Waals surface area (Å²) >= 11 is 0. The Labute approximate surface area is 245 Å². The van der Waals surface area contributed by atoms with E-state index in [2.05, 4.69) is 75.9 Å². The van der Waals surface area contributed by atoms with Crippen molar-refractivity contribution in [3.8, 4) is 23.5 Å². The van der Waals surface area contributed by atoms with Crippen LogP contribution in [0.3, 0.4) is 0 Å². The number of fused-ring (bicyclic) bond motifs is 9. The van der Waals surface area contributed by atoms with Gasteiger partial charge in [-0.25, -0.2) is 0 Å². The number of hydrogen-bond acceptors (Lipinski definition) is 3. The number of nitrogens with zero attached hydrogens (tertiary/aromatic N) is 4. The Morgan fingerprint density at radius 1 is 0.419 bits per heavy atom. The summed E-state index contributed by atoms with van der Waals surface area (Å²) in [6.45, 7) is 0. The lowest BCUT2D eigenvalue weighted by Gasteiger charge is -2.13. The normalized spacial score (nSPS) is 11.7. The summed E-state index contributed by atoms with van der Waals surface area (Å²) in [7, 11) is 0. The molecule has 0 fully saturated rings. The molecule has 5 heteroatoms. The minimum atomic E-state index is 0.618. The molecule has 0 aliphatic carbocycles. The molecule has 0 radical (unpaired) electrons. The zero-order valence-corrected chi connectivity index (χ0v) is 22.7. The molecule has 0 saturated heterocycles. The van der Waals surface area contributed by atoms with Crippen molar-refractivity contribution in [3.63, 3.8) is 0 Å². The van der Waals surface area contributed by atoms with E-state index in [-0.39, 0.29) is 0 Å². The maximum absolute atomic E-state index is 9.71. The third-order valence-corrected chi connectivity index (χ3v) is 8.54. The summed E-state index contributed by atoms with van der Waals surface area (Å²) < 4.78 is 10.8. The topological polar surface area (TPSA) is 70.6 Å². The predicted octanol–water partition coefficient (Wildman–Crippen LogP) is 9.52. The van der Waals surface area contributed by atoms with Crippen molar-refractivity contribution in [2.45, 2.75) is 0 Å². The van der Waals surface area contributed by atoms with Crippen LogP contribution < -0.4 is 0 Å². The Morgan fingerprint density at radius 2 is 1.00 bits per heavy atom. The molecule has 3 heterocycles. The molecule has 0 spiro atoms. The maximum Gasteiger partial charge on any atom is 0.136 e. The molecule has 9 aromatic rings. The molecule has 198 valence electrons. The Bertz CT molecular complexity index is 2710. The van der Waals surface area contributed by atoms with Crippen LogP contribution in [-0.4, -0.2) is 9.13 Å². The van der Waals surface area contributed by atoms with E-state index in [0.29, 0.717) is 11.1 Å². The molecule has 5 nitrogen and oxygen atoms in total. The molecule has 43 heavy (non-hydrogen) atoms. The fourth-order valence-electron chi connectivity index (χ4n) is 6.68. The van der Waals surface area contributed by atoms with Gasteiger partial charge in [0.2, 0.25) is 0 Å². The molecule has 0 aliphatic heterocycles. The van der Waals surface area contributed by atoms with Crippen LogP contribution in [-0.2, 0) is 0 Å². The van der Waals surface area contributed by atoms with Crippen LogP contribution in [0.25, 0.3) is 76.9 Å². The zero-order valence-electron chi connectivity index (χ0n) is 22.7. The molecule has 6 aromatic carbocycles. The van der Waals surface area contributed by atoms with Crippen LogP contribution in [0.1, 0.15) is 11.1 Å². The molecule has 9 rings (SSSR count). The van der Waals surface area contributed by atoms with Crippen molar-refractivity contribution in [2.75, 3.05) is 0 Å². The van der Waals surface area contributed by atoms with Crippen LogP contribution in [0.2, 0.25) is 0 Å². The van der Waals surface area contributed by atoms with Gasteiger partial charge in [0.25, 0.3) is 0 Å². The summed E-state index contributed by atoms with van der Waals surface area (Å²) in [5.41, 5.74) is 9.16. The fourth-order valence-corrected chi connectivity index (χ4v) is 6.68. The number of rotatable bonds is 2. The van der Waals surface area contributed by atoms with Crippen molar-refractivity contribution in [2.24, 2.45) is 0 Å². The second-order valence-corrected chi connectivity index (χ2v) is 10.9. The van der Waals surface area contributed by atoms with E-state index in [0.717, 1.165) is 76.9 Å². The predicted molar refractivity (Wildman–Crippen MR) is 172 cm³/mol. The van der Waals surface area contributed by atoms with Crippen LogP contribution in [0.4, 0.5) is 0 Å². The van der Waals surface area contributed by atoms with Gasteiger partial charge in [0.1, 0.15) is 11.2 Å². The molecule has 0 aliphatic rings. The first kappa shape index (κ1) is 23.4. The third kappa shape index (κ3) is 3.25. The maximum atomic E-state index is 9.71. The SMILES string of the molecule is N#Cc1ccc2c(c1)c1ccccc1n2-c1cccc(-n2c3ccc(C#N)cc3c3cc4oc5ccccc5c4cc32)c1. The van der Waals surface area contributed by atoms with Gasteiger partial charge in [-0.1, -0.05) is 42.5 Å². The van der Waals surface area contributed by atoms with E-state index in [1.807, 2.05) is 66.7 Å². The summed E-state index contributed by atoms with van der Waals surface area (Å²) in [5, 5.41) is 25.6. The molecular formula is C38H20N4O. The third-order valence-electron chi connectivity index (χ3n) is 8.54. The molecule has 0 saturated carbocycles. The second kappa shape index (κ2) is 8.60. The van der Waals surface area contributed by atoms with Crippen LogP contribution >= 0.6 is 0 Å². The minimum Gasteiger partial charge on any atom is -0.456 e. The Kier molecular flexibility index (Phi) is 4.68. The van der Waals surface area contributed by atoms with Crippen molar-refractivity contribution in [1.29, 1.82) is 10.5 Å². The fraction of sp³-hybridized carbons (Fsp3) is 0. The van der Waals surface area contributed by atoms with E-state index in [9.17, 15) is 10.5 Å². The smallest absolute Gasteiger partial charge is 0.136 e. The largest absolute Gasteiger partial charge is 0.456 e. The first-order chi connectivity index (χ1) is 21.2. The van der Waals surface area contributed by atoms with Gasteiger partial charge >= 0.3 is 0 Å². The van der Waals surface area contributed by atoms with E-state index in [1.54, 1.807) is 0 Å². The molecule has 0 N–H and O–H groups in total. The number of aromatic nitrogens is 2. The molecule has 3 aromatic heterocycles. The summed E-state index contributed by atoms with van der Waals surface area (Å²) in [5.74, 6) is 0. The number of benzene rings is 6. The van der Waals surface area contributed by atoms with Gasteiger partial charge in [-0.2, -0.15) is 10.5 Å². The molecule has 0 atom stereocenters. The highest BCUT2D eigenvalue weighted by atomic mass is 16.3. The second-order valence-electron chi connectivity index (χ2n) is 10.9. The average Bonchev–Trinajstić information content (AvgIpc) is 3.70. The summed E-state index contributed by atoms with van der Waals surface area (Å²) in [6, 6.07) is 45.6. The Morgan fingerprint density at radius 3 is 1.72 bits per heavy atom. The number of nitriles is 2. The van der Waals surface area contributed by atoms with Gasteiger partial charge in [0.15, 0.2) is 0 Å². The van der Waals surface area contributed by atoms with Crippen molar-refractivity contribution < 1.29 is 4.42 Å². The number of hydrogen-bond donors (Lipinski definition) is 0. The standard InChI is InChI=1S/C38H20N4O/c39-21-23-12-14-34-29(16-23)27-8-1-3-10-33(27)41(34)25-6-5-7-26(18-25)42-35-15-13-24(22-40)17-30(35)31-20-38-32(19-36(31)42)28-9-2-4-11-37(28)43-38/h1-20H. The van der Waals surface area contributed by atoms with Crippen molar-refractivity contribution >= 4 is 65.6 Å². The lowest BCUT2D eigenvalue weighted by Crippen LogP contribution is -1.98. The number of furan rings is 1. The van der Waals surface area contributed by atoms with E-state index >= 15 is 0 Å². The Balaban J connectivity index is 1.36. The lowest BCUT2D eigenvalue weighted by molar-refractivity contribution is 0.669. The summed E-state index contributed by atoms with van der Waals surface area (Å²) in [4.78, 5) is 0. The van der Waals surface area contributed by atoms with Crippen LogP contribution in [0.15, 0.2) is 126 Å². The lowest BCUT2D eigenvalue weighted by atomic mass is 10.1. The van der Waals surface area contributed by atoms with Crippen molar-refractivity contribution in [1.82, 2.24) is 9.13 Å². The first-order valence-electron chi connectivity index (χ1n) is 14.1. The van der Waals surface area contributed by atoms with Crippen molar-refractivity contribution in [3.05, 3.63) is 132 Å². The van der Waals surface area contributed by atoms with E-state index in [4.69, 9.17) is 4.42 Å². The highest BCUT2D eigenvalue weighted by molar-refractivity contribution is 6.17. The van der Waals surface area contributed by atoms with Gasteiger partial charge in [-0.05, 0) is 78.9 Å². The van der Waals surface area contributed by atoms with Crippen LogP contribution in [0, 0.1) is 22.7 Å². The van der Waals surface area contributed by atoms with E-state index < -0.39 is 0 Å². The molecule has 0 amide bonds. The minimum absolute atomic E-state index is 0.618. The van der Waals surface area contributed by atoms with Gasteiger partial charge in [-0.3, -0.25) is 0 Å². The van der Waals surface area contributed by atoms with Gasteiger partial charge in [0, 0.05) is 43.7 Å². The highest BCUT2D eigenvalue weighted by Crippen LogP contribution is 2.39. The zero-order chi connectivity index (χ0) is 28.7. The quantitative estimate of drug-likeness (QED) is 0.216. The van der Waals surface area contributed by atoms with E-state index in [1.165, 1.54) is 0 Å². The molecular weight excluding hydrogens is 528 g/mol. The monoisotopic (exact) mass is 548 g/mol. The molecule has 0 bridgehead atoms. The molecule has 0 unspecified atom stereocenters. The Hall–Kier alpha value is -6.30. The van der Waals surface area contributed by atoms with Gasteiger partial charge in [-0.15, -0.1) is 0 Å². The average molecular weight is 549 g/mol. The summed E-state index contributed by atoms with van der Waals surface area (Å²) in [6.07, 6.45) is 0.